The number of nitrogens with zero attached hydrogens (tertiary/aromatic N) is 4. The highest BCUT2D eigenvalue weighted by Crippen LogP contribution is 2.38. The topological polar surface area (TPSA) is 193 Å². The van der Waals surface area contributed by atoms with Crippen molar-refractivity contribution < 1.29 is 38.1 Å². The summed E-state index contributed by atoms with van der Waals surface area (Å²) in [5.74, 6) is 0.949. The molecule has 8 atom stereocenters. The number of amides is 4. The van der Waals surface area contributed by atoms with Gasteiger partial charge in [0.25, 0.3) is 0 Å². The number of H-pyrrole nitrogens is 2. The molecule has 16 heteroatoms. The maximum absolute atomic E-state index is 13.9. The molecule has 0 radical (unpaired) electrons. The van der Waals surface area contributed by atoms with Crippen molar-refractivity contribution in [3.8, 4) is 33.6 Å². The third-order valence-corrected chi connectivity index (χ3v) is 12.0. The number of ether oxygens (including phenoxy) is 4. The molecule has 2 saturated heterocycles. The van der Waals surface area contributed by atoms with Crippen molar-refractivity contribution in [3.63, 3.8) is 0 Å². The van der Waals surface area contributed by atoms with E-state index in [1.165, 1.54) is 21.3 Å². The van der Waals surface area contributed by atoms with Crippen LogP contribution in [0.25, 0.3) is 33.6 Å². The van der Waals surface area contributed by atoms with Crippen molar-refractivity contribution in [2.45, 2.75) is 89.7 Å². The van der Waals surface area contributed by atoms with E-state index in [0.717, 1.165) is 52.9 Å². The van der Waals surface area contributed by atoms with Crippen LogP contribution in [0, 0.1) is 11.8 Å². The van der Waals surface area contributed by atoms with Crippen LogP contribution in [0.2, 0.25) is 0 Å². The molecule has 6 rings (SSSR count). The smallest absolute Gasteiger partial charge is 0.407 e. The number of carbonyl (C=O) groups excluding carboxylic acids is 4. The Morgan fingerprint density at radius 2 is 1.27 bits per heavy atom. The molecule has 322 valence electrons. The minimum atomic E-state index is -0.949. The van der Waals surface area contributed by atoms with E-state index >= 15 is 0 Å². The van der Waals surface area contributed by atoms with Crippen molar-refractivity contribution >= 4 is 24.0 Å². The number of likely N-dealkylation sites (tertiary alicyclic amines) is 2. The maximum atomic E-state index is 13.9. The number of imidazole rings is 2. The summed E-state index contributed by atoms with van der Waals surface area (Å²) in [5.41, 5.74) is 5.63. The molecule has 16 nitrogen and oxygen atoms in total. The monoisotopic (exact) mass is 826 g/mol. The molecule has 2 aliphatic rings. The van der Waals surface area contributed by atoms with Crippen LogP contribution < -0.4 is 10.6 Å². The molecule has 2 aliphatic heterocycles. The Balaban J connectivity index is 1.14. The predicted molar refractivity (Wildman–Crippen MR) is 224 cm³/mol. The van der Waals surface area contributed by atoms with Crippen molar-refractivity contribution in [2.24, 2.45) is 11.8 Å². The van der Waals surface area contributed by atoms with E-state index in [2.05, 4.69) is 44.9 Å². The van der Waals surface area contributed by atoms with Gasteiger partial charge in [0.2, 0.25) is 11.8 Å². The Labute approximate surface area is 351 Å². The first-order valence-electron chi connectivity index (χ1n) is 20.5. The molecule has 0 spiro atoms. The Bertz CT molecular complexity index is 2090. The normalized spacial score (nSPS) is 20.9. The zero-order valence-corrected chi connectivity index (χ0v) is 35.7. The second-order valence-electron chi connectivity index (χ2n) is 15.8. The van der Waals surface area contributed by atoms with E-state index in [1.807, 2.05) is 49.9 Å². The molecule has 4 heterocycles. The number of benzene rings is 2. The fourth-order valence-corrected chi connectivity index (χ4v) is 8.31. The number of methoxy groups -OCH3 is 4. The van der Waals surface area contributed by atoms with Crippen LogP contribution in [-0.4, -0.2) is 120 Å². The fourth-order valence-electron chi connectivity index (χ4n) is 8.31. The molecule has 4 N–H and O–H groups in total. The van der Waals surface area contributed by atoms with Gasteiger partial charge < -0.3 is 49.3 Å². The third kappa shape index (κ3) is 9.49. The van der Waals surface area contributed by atoms with Crippen molar-refractivity contribution in [1.82, 2.24) is 40.4 Å². The molecular weight excluding hydrogens is 769 g/mol. The zero-order valence-electron chi connectivity index (χ0n) is 35.7. The van der Waals surface area contributed by atoms with Crippen molar-refractivity contribution in [1.29, 1.82) is 0 Å². The quantitative estimate of drug-likeness (QED) is 0.106. The van der Waals surface area contributed by atoms with Gasteiger partial charge in [0.1, 0.15) is 23.7 Å². The summed E-state index contributed by atoms with van der Waals surface area (Å²) in [4.78, 5) is 72.1. The van der Waals surface area contributed by atoms with Gasteiger partial charge in [0, 0.05) is 32.7 Å². The highest BCUT2D eigenvalue weighted by Gasteiger charge is 2.43. The second kappa shape index (κ2) is 19.5. The third-order valence-electron chi connectivity index (χ3n) is 12.0. The zero-order chi connectivity index (χ0) is 43.1. The van der Waals surface area contributed by atoms with E-state index in [9.17, 15) is 19.2 Å². The number of hydrogen-bond donors (Lipinski definition) is 4. The molecule has 4 aromatic rings. The van der Waals surface area contributed by atoms with Crippen LogP contribution >= 0.6 is 0 Å². The number of hydrogen-bond acceptors (Lipinski definition) is 10. The molecule has 0 aliphatic carbocycles. The summed E-state index contributed by atoms with van der Waals surface area (Å²) < 4.78 is 20.5. The molecule has 2 fully saturated rings. The minimum Gasteiger partial charge on any atom is -0.453 e. The predicted octanol–water partition coefficient (Wildman–Crippen LogP) is 6.25. The molecule has 2 aromatic heterocycles. The van der Waals surface area contributed by atoms with Gasteiger partial charge in [-0.2, -0.15) is 0 Å². The summed E-state index contributed by atoms with van der Waals surface area (Å²) in [7, 11) is 5.68. The van der Waals surface area contributed by atoms with Crippen LogP contribution in [0.5, 0.6) is 0 Å². The van der Waals surface area contributed by atoms with Gasteiger partial charge in [-0.25, -0.2) is 19.6 Å². The van der Waals surface area contributed by atoms with E-state index < -0.39 is 30.4 Å². The van der Waals surface area contributed by atoms with E-state index in [-0.39, 0.29) is 41.8 Å². The van der Waals surface area contributed by atoms with Gasteiger partial charge in [0.05, 0.1) is 62.8 Å². The number of rotatable bonds is 15. The summed E-state index contributed by atoms with van der Waals surface area (Å²) in [5, 5.41) is 5.40. The van der Waals surface area contributed by atoms with Crippen LogP contribution in [0.1, 0.15) is 77.1 Å². The molecule has 60 heavy (non-hydrogen) atoms. The summed E-state index contributed by atoms with van der Waals surface area (Å²) in [6, 6.07) is 14.2. The van der Waals surface area contributed by atoms with Gasteiger partial charge in [-0.15, -0.1) is 0 Å². The maximum Gasteiger partial charge on any atom is 0.407 e. The number of carbonyl (C=O) groups is 4. The van der Waals surface area contributed by atoms with Gasteiger partial charge in [-0.1, -0.05) is 68.8 Å². The second-order valence-corrected chi connectivity index (χ2v) is 15.8. The first-order valence-corrected chi connectivity index (χ1v) is 20.5. The van der Waals surface area contributed by atoms with E-state index in [0.29, 0.717) is 31.2 Å². The molecule has 0 unspecified atom stereocenters. The van der Waals surface area contributed by atoms with Crippen LogP contribution in [0.15, 0.2) is 60.9 Å². The van der Waals surface area contributed by atoms with E-state index in [4.69, 9.17) is 28.9 Å². The first kappa shape index (κ1) is 43.8. The van der Waals surface area contributed by atoms with Crippen LogP contribution in [0.3, 0.4) is 0 Å². The van der Waals surface area contributed by atoms with Gasteiger partial charge in [-0.3, -0.25) is 9.59 Å². The largest absolute Gasteiger partial charge is 0.453 e. The minimum absolute atomic E-state index is 0.00763. The Hall–Kier alpha value is -5.74. The Kier molecular flexibility index (Phi) is 14.3. The number of aromatic amines is 2. The average molecular weight is 827 g/mol. The molecule has 2 aromatic carbocycles. The van der Waals surface area contributed by atoms with Crippen molar-refractivity contribution in [2.75, 3.05) is 41.6 Å². The van der Waals surface area contributed by atoms with Crippen molar-refractivity contribution in [3.05, 3.63) is 72.6 Å². The summed E-state index contributed by atoms with van der Waals surface area (Å²) in [6.07, 6.45) is 4.60. The number of aromatic nitrogens is 4. The summed E-state index contributed by atoms with van der Waals surface area (Å²) >= 11 is 0. The van der Waals surface area contributed by atoms with Crippen LogP contribution in [-0.2, 0) is 28.5 Å². The lowest BCUT2D eigenvalue weighted by Crippen LogP contribution is -2.54. The van der Waals surface area contributed by atoms with Gasteiger partial charge >= 0.3 is 12.2 Å². The lowest BCUT2D eigenvalue weighted by molar-refractivity contribution is -0.138. The number of nitrogens with one attached hydrogen (secondary N) is 4. The lowest BCUT2D eigenvalue weighted by Gasteiger charge is -2.33. The lowest BCUT2D eigenvalue weighted by atomic mass is 9.97. The standard InChI is InChI=1S/C44H58N8O8/c1-9-25(2)37(49-43(55)59-7)42(54)52-26(3)10-19-35(52)39-45-21-33(47-39)31-15-11-29(12-16-31)30-13-17-32(18-14-30)34-22-46-40(48-34)36-20-28(24-57-5)23-51(36)41(53)38(27(4)58-6)50-44(56)60-8/h11-18,21-22,25-28,35-38H,9-10,19-20,23-24H2,1-8H3,(H,45,47)(H,46,48)(H,49,55)(H,50,56)/t25-,26-,27+,28-,35-,36-,37-,38-/m0/s1. The Morgan fingerprint density at radius 3 is 1.77 bits per heavy atom. The highest BCUT2D eigenvalue weighted by molar-refractivity contribution is 5.87. The fraction of sp³-hybridized carbons (Fsp3) is 0.500. The van der Waals surface area contributed by atoms with Gasteiger partial charge in [0.15, 0.2) is 0 Å². The summed E-state index contributed by atoms with van der Waals surface area (Å²) in [6.45, 7) is 8.63. The highest BCUT2D eigenvalue weighted by atomic mass is 16.5. The number of alkyl carbamates (subject to hydrolysis) is 2. The van der Waals surface area contributed by atoms with Crippen LogP contribution in [0.4, 0.5) is 9.59 Å². The first-order chi connectivity index (χ1) is 28.9. The average Bonchev–Trinajstić information content (AvgIpc) is 4.11. The van der Waals surface area contributed by atoms with Gasteiger partial charge in [-0.05, 0) is 61.3 Å². The van der Waals surface area contributed by atoms with E-state index in [1.54, 1.807) is 31.3 Å². The molecule has 4 amide bonds. The SMILES string of the molecule is CC[C@H](C)[C@H](NC(=O)OC)C(=O)N1[C@@H](C)CC[C@H]1c1ncc(-c2ccc(-c3ccc(-c4cnc([C@@H]5C[C@H](COC)CN5C(=O)[C@@H](NC(=O)OC)[C@@H](C)OC)[nH]4)cc3)cc2)[nH]1. The molecular formula is C44H58N8O8. The molecule has 0 bridgehead atoms. The molecule has 0 saturated carbocycles. The Morgan fingerprint density at radius 1 is 0.750 bits per heavy atom.